The molecule has 21 heavy (non-hydrogen) atoms. The number of para-hydroxylation sites is 1. The predicted octanol–water partition coefficient (Wildman–Crippen LogP) is 3.86. The van der Waals surface area contributed by atoms with Gasteiger partial charge < -0.3 is 15.5 Å². The molecule has 0 spiro atoms. The van der Waals surface area contributed by atoms with Crippen LogP contribution in [0.15, 0.2) is 30.3 Å². The van der Waals surface area contributed by atoms with Gasteiger partial charge in [0, 0.05) is 0 Å². The van der Waals surface area contributed by atoms with Crippen molar-refractivity contribution in [3.05, 3.63) is 52.3 Å². The number of nitrogens with one attached hydrogen (secondary N) is 1. The summed E-state index contributed by atoms with van der Waals surface area (Å²) in [6.45, 7) is 1.73. The number of rotatable bonds is 4. The predicted molar refractivity (Wildman–Crippen MR) is 78.9 cm³/mol. The fourth-order valence-corrected chi connectivity index (χ4v) is 2.24. The zero-order valence-electron chi connectivity index (χ0n) is 11.2. The van der Waals surface area contributed by atoms with Gasteiger partial charge in [0.25, 0.3) is 0 Å². The number of phenolic OH excluding ortho intramolecular Hbond substituents is 1. The molecule has 0 bridgehead atoms. The number of hydrogen-bond acceptors (Lipinski definition) is 3. The molecule has 4 nitrogen and oxygen atoms in total. The highest BCUT2D eigenvalue weighted by molar-refractivity contribution is 6.33. The van der Waals surface area contributed by atoms with Gasteiger partial charge in [-0.1, -0.05) is 23.7 Å². The van der Waals surface area contributed by atoms with Gasteiger partial charge >= 0.3 is 5.97 Å². The molecule has 0 radical (unpaired) electrons. The number of aliphatic carboxylic acids is 1. The first-order valence-corrected chi connectivity index (χ1v) is 6.51. The van der Waals surface area contributed by atoms with E-state index < -0.39 is 11.8 Å². The lowest BCUT2D eigenvalue weighted by atomic mass is 10.0. The Morgan fingerprint density at radius 2 is 2.05 bits per heavy atom. The molecule has 0 amide bonds. The Balaban J connectivity index is 2.50. The second-order valence-corrected chi connectivity index (χ2v) is 5.02. The maximum atomic E-state index is 13.8. The summed E-state index contributed by atoms with van der Waals surface area (Å²) in [6.07, 6.45) is -0.302. The van der Waals surface area contributed by atoms with Crippen LogP contribution in [0.4, 0.5) is 15.8 Å². The van der Waals surface area contributed by atoms with E-state index in [1.54, 1.807) is 13.0 Å². The molecule has 2 aromatic rings. The summed E-state index contributed by atoms with van der Waals surface area (Å²) in [5.74, 6) is -1.81. The normalized spacial score (nSPS) is 10.4. The van der Waals surface area contributed by atoms with E-state index in [2.05, 4.69) is 5.32 Å². The molecule has 0 heterocycles. The molecule has 3 N–H and O–H groups in total. The van der Waals surface area contributed by atoms with Gasteiger partial charge in [0.15, 0.2) is 0 Å². The van der Waals surface area contributed by atoms with Crippen molar-refractivity contribution in [1.29, 1.82) is 0 Å². The molecular formula is C15H13ClFNO3. The van der Waals surface area contributed by atoms with Gasteiger partial charge in [-0.05, 0) is 36.2 Å². The number of carboxylic acids is 1. The van der Waals surface area contributed by atoms with Crippen molar-refractivity contribution in [3.8, 4) is 5.75 Å². The van der Waals surface area contributed by atoms with Crippen LogP contribution in [0.25, 0.3) is 0 Å². The molecule has 110 valence electrons. The summed E-state index contributed by atoms with van der Waals surface area (Å²) in [6, 6.07) is 7.24. The third kappa shape index (κ3) is 3.44. The lowest BCUT2D eigenvalue weighted by Crippen LogP contribution is -2.05. The van der Waals surface area contributed by atoms with Gasteiger partial charge in [0.05, 0.1) is 22.8 Å². The van der Waals surface area contributed by atoms with Crippen LogP contribution in [-0.4, -0.2) is 16.2 Å². The van der Waals surface area contributed by atoms with E-state index in [0.29, 0.717) is 11.1 Å². The largest absolute Gasteiger partial charge is 0.506 e. The van der Waals surface area contributed by atoms with Crippen molar-refractivity contribution in [2.75, 3.05) is 5.32 Å². The standard InChI is InChI=1S/C15H13ClFNO3/c1-8-5-9(7-13(20)21)14(12(19)6-8)18-15-10(16)3-2-4-11(15)17/h2-6,18-19H,7H2,1H3,(H,20,21). The maximum Gasteiger partial charge on any atom is 0.307 e. The zero-order valence-corrected chi connectivity index (χ0v) is 11.9. The SMILES string of the molecule is Cc1cc(O)c(Nc2c(F)cccc2Cl)c(CC(=O)O)c1. The third-order valence-corrected chi connectivity index (χ3v) is 3.21. The third-order valence-electron chi connectivity index (χ3n) is 2.90. The molecule has 0 saturated heterocycles. The molecule has 0 atom stereocenters. The van der Waals surface area contributed by atoms with E-state index in [0.717, 1.165) is 0 Å². The van der Waals surface area contributed by atoms with Gasteiger partial charge in [-0.3, -0.25) is 4.79 Å². The van der Waals surface area contributed by atoms with Gasteiger partial charge in [0.2, 0.25) is 0 Å². The monoisotopic (exact) mass is 309 g/mol. The number of hydrogen-bond donors (Lipinski definition) is 3. The first-order valence-electron chi connectivity index (χ1n) is 6.14. The van der Waals surface area contributed by atoms with Crippen LogP contribution >= 0.6 is 11.6 Å². The number of anilines is 2. The average molecular weight is 310 g/mol. The Bertz CT molecular complexity index is 683. The summed E-state index contributed by atoms with van der Waals surface area (Å²) in [4.78, 5) is 10.9. The van der Waals surface area contributed by atoms with Crippen LogP contribution < -0.4 is 5.32 Å². The molecule has 2 rings (SSSR count). The van der Waals surface area contributed by atoms with Crippen molar-refractivity contribution in [2.45, 2.75) is 13.3 Å². The number of halogens is 2. The van der Waals surface area contributed by atoms with Gasteiger partial charge in [-0.15, -0.1) is 0 Å². The summed E-state index contributed by atoms with van der Waals surface area (Å²) in [5.41, 5.74) is 1.17. The highest BCUT2D eigenvalue weighted by Crippen LogP contribution is 2.35. The van der Waals surface area contributed by atoms with Gasteiger partial charge in [-0.2, -0.15) is 0 Å². The minimum absolute atomic E-state index is 0.00930. The number of carbonyl (C=O) groups is 1. The fourth-order valence-electron chi connectivity index (χ4n) is 2.03. The quantitative estimate of drug-likeness (QED) is 0.750. The Labute approximate surface area is 125 Å². The van der Waals surface area contributed by atoms with E-state index in [1.165, 1.54) is 24.3 Å². The number of carboxylic acid groups (broad SMARTS) is 1. The molecule has 0 unspecified atom stereocenters. The summed E-state index contributed by atoms with van der Waals surface area (Å²) < 4.78 is 13.8. The molecule has 0 aliphatic heterocycles. The van der Waals surface area contributed by atoms with Crippen LogP contribution in [0.3, 0.4) is 0 Å². The maximum absolute atomic E-state index is 13.8. The van der Waals surface area contributed by atoms with E-state index in [9.17, 15) is 14.3 Å². The van der Waals surface area contributed by atoms with Crippen LogP contribution in [0.2, 0.25) is 5.02 Å². The molecule has 0 fully saturated rings. The molecule has 6 heteroatoms. The first-order chi connectivity index (χ1) is 9.88. The topological polar surface area (TPSA) is 69.6 Å². The number of phenols is 1. The second kappa shape index (κ2) is 6.01. The lowest BCUT2D eigenvalue weighted by molar-refractivity contribution is -0.136. The zero-order chi connectivity index (χ0) is 15.6. The average Bonchev–Trinajstić information content (AvgIpc) is 2.35. The number of benzene rings is 2. The van der Waals surface area contributed by atoms with Gasteiger partial charge in [0.1, 0.15) is 11.6 Å². The molecule has 0 aromatic heterocycles. The number of aromatic hydroxyl groups is 1. The highest BCUT2D eigenvalue weighted by Gasteiger charge is 2.15. The summed E-state index contributed by atoms with van der Waals surface area (Å²) in [7, 11) is 0. The van der Waals surface area contributed by atoms with Crippen molar-refractivity contribution >= 4 is 28.9 Å². The van der Waals surface area contributed by atoms with Crippen molar-refractivity contribution in [2.24, 2.45) is 0 Å². The van der Waals surface area contributed by atoms with E-state index in [1.807, 2.05) is 0 Å². The highest BCUT2D eigenvalue weighted by atomic mass is 35.5. The second-order valence-electron chi connectivity index (χ2n) is 4.61. The van der Waals surface area contributed by atoms with E-state index in [-0.39, 0.29) is 28.6 Å². The van der Waals surface area contributed by atoms with Crippen LogP contribution in [0.5, 0.6) is 5.75 Å². The Hall–Kier alpha value is -2.27. The van der Waals surface area contributed by atoms with Crippen LogP contribution in [0, 0.1) is 12.7 Å². The summed E-state index contributed by atoms with van der Waals surface area (Å²) in [5, 5.41) is 21.8. The molecule has 0 saturated carbocycles. The smallest absolute Gasteiger partial charge is 0.307 e. The Kier molecular flexibility index (Phi) is 4.33. The summed E-state index contributed by atoms with van der Waals surface area (Å²) >= 11 is 5.92. The van der Waals surface area contributed by atoms with Crippen LogP contribution in [0.1, 0.15) is 11.1 Å². The Morgan fingerprint density at radius 1 is 1.33 bits per heavy atom. The van der Waals surface area contributed by atoms with Gasteiger partial charge in [-0.25, -0.2) is 4.39 Å². The van der Waals surface area contributed by atoms with Crippen molar-refractivity contribution in [1.82, 2.24) is 0 Å². The first kappa shape index (κ1) is 15.1. The molecule has 2 aromatic carbocycles. The van der Waals surface area contributed by atoms with E-state index in [4.69, 9.17) is 16.7 Å². The molecule has 0 aliphatic carbocycles. The minimum Gasteiger partial charge on any atom is -0.506 e. The van der Waals surface area contributed by atoms with E-state index >= 15 is 0 Å². The van der Waals surface area contributed by atoms with Crippen LogP contribution in [-0.2, 0) is 11.2 Å². The molecule has 0 aliphatic rings. The number of aryl methyl sites for hydroxylation is 1. The minimum atomic E-state index is -1.05. The Morgan fingerprint density at radius 3 is 2.67 bits per heavy atom. The van der Waals surface area contributed by atoms with Crippen molar-refractivity contribution in [3.63, 3.8) is 0 Å². The van der Waals surface area contributed by atoms with Crippen molar-refractivity contribution < 1.29 is 19.4 Å². The lowest BCUT2D eigenvalue weighted by Gasteiger charge is -2.15. The molecular weight excluding hydrogens is 297 g/mol. The fraction of sp³-hybridized carbons (Fsp3) is 0.133.